The van der Waals surface area contributed by atoms with Crippen molar-refractivity contribution in [3.8, 4) is 5.75 Å². The number of methoxy groups -OCH3 is 1. The van der Waals surface area contributed by atoms with Crippen molar-refractivity contribution in [1.29, 1.82) is 0 Å². The molecule has 1 aromatic carbocycles. The minimum absolute atomic E-state index is 0.0275. The van der Waals surface area contributed by atoms with Gasteiger partial charge in [-0.25, -0.2) is 0 Å². The quantitative estimate of drug-likeness (QED) is 0.798. The van der Waals surface area contributed by atoms with Crippen LogP contribution in [0.1, 0.15) is 22.1 Å². The number of rotatable bonds is 3. The van der Waals surface area contributed by atoms with Crippen molar-refractivity contribution < 1.29 is 14.3 Å². The zero-order valence-corrected chi connectivity index (χ0v) is 13.9. The van der Waals surface area contributed by atoms with Crippen LogP contribution in [0.25, 0.3) is 10.9 Å². The molecular weight excluding hydrogens is 318 g/mol. The van der Waals surface area contributed by atoms with Gasteiger partial charge in [0, 0.05) is 29.8 Å². The Morgan fingerprint density at radius 1 is 1.32 bits per heavy atom. The molecule has 2 aromatic heterocycles. The van der Waals surface area contributed by atoms with Crippen molar-refractivity contribution in [3.63, 3.8) is 0 Å². The lowest BCUT2D eigenvalue weighted by atomic mass is 10.0. The maximum absolute atomic E-state index is 13.1. The van der Waals surface area contributed by atoms with E-state index < -0.39 is 0 Å². The van der Waals surface area contributed by atoms with E-state index in [9.17, 15) is 4.79 Å². The standard InChI is InChI=1S/C19H19N3O3/c1-24-15-4-2-13(3-5-15)18-12-25-9-8-22(18)19(23)17-10-14-11-20-7-6-16(14)21-17/h2-7,10-11,18,21H,8-9,12H2,1H3. The minimum atomic E-state index is -0.114. The molecule has 128 valence electrons. The lowest BCUT2D eigenvalue weighted by molar-refractivity contribution is -0.00296. The number of nitrogens with one attached hydrogen (secondary N) is 1. The van der Waals surface area contributed by atoms with Crippen molar-refractivity contribution in [2.24, 2.45) is 0 Å². The molecule has 1 aliphatic rings. The SMILES string of the molecule is COc1ccc(C2COCCN2C(=O)c2cc3cnccc3[nH]2)cc1. The molecule has 0 aliphatic carbocycles. The number of aromatic amines is 1. The van der Waals surface area contributed by atoms with Gasteiger partial charge in [0.1, 0.15) is 11.4 Å². The number of nitrogens with zero attached hydrogens (tertiary/aromatic N) is 2. The molecule has 1 atom stereocenters. The van der Waals surface area contributed by atoms with Crippen LogP contribution >= 0.6 is 0 Å². The molecule has 1 saturated heterocycles. The molecule has 1 aliphatic heterocycles. The Bertz CT molecular complexity index is 855. The summed E-state index contributed by atoms with van der Waals surface area (Å²) in [6, 6.07) is 11.4. The molecule has 4 rings (SSSR count). The van der Waals surface area contributed by atoms with Crippen LogP contribution in [-0.4, -0.2) is 47.6 Å². The fourth-order valence-electron chi connectivity index (χ4n) is 3.19. The average Bonchev–Trinajstić information content (AvgIpc) is 3.12. The van der Waals surface area contributed by atoms with Crippen molar-refractivity contribution in [1.82, 2.24) is 14.9 Å². The maximum Gasteiger partial charge on any atom is 0.270 e. The number of H-pyrrole nitrogens is 1. The summed E-state index contributed by atoms with van der Waals surface area (Å²) < 4.78 is 10.8. The first-order valence-electron chi connectivity index (χ1n) is 8.21. The number of fused-ring (bicyclic) bond motifs is 1. The molecule has 0 spiro atoms. The third-order valence-electron chi connectivity index (χ3n) is 4.54. The van der Waals surface area contributed by atoms with Gasteiger partial charge >= 0.3 is 0 Å². The summed E-state index contributed by atoms with van der Waals surface area (Å²) in [5.41, 5.74) is 2.52. The highest BCUT2D eigenvalue weighted by Crippen LogP contribution is 2.28. The predicted octanol–water partition coefficient (Wildman–Crippen LogP) is 2.79. The third-order valence-corrected chi connectivity index (χ3v) is 4.54. The molecule has 3 heterocycles. The van der Waals surface area contributed by atoms with E-state index in [0.29, 0.717) is 25.5 Å². The van der Waals surface area contributed by atoms with Gasteiger partial charge in [0.05, 0.1) is 26.4 Å². The fourth-order valence-corrected chi connectivity index (χ4v) is 3.19. The van der Waals surface area contributed by atoms with Crippen LogP contribution in [0.4, 0.5) is 0 Å². The van der Waals surface area contributed by atoms with Crippen LogP contribution < -0.4 is 4.74 Å². The molecule has 0 bridgehead atoms. The first-order valence-corrected chi connectivity index (χ1v) is 8.21. The maximum atomic E-state index is 13.1. The van der Waals surface area contributed by atoms with E-state index in [2.05, 4.69) is 9.97 Å². The fraction of sp³-hybridized carbons (Fsp3) is 0.263. The number of benzene rings is 1. The largest absolute Gasteiger partial charge is 0.497 e. The lowest BCUT2D eigenvalue weighted by Crippen LogP contribution is -2.43. The lowest BCUT2D eigenvalue weighted by Gasteiger charge is -2.35. The molecule has 1 N–H and O–H groups in total. The number of morpholine rings is 1. The van der Waals surface area contributed by atoms with Gasteiger partial charge in [-0.1, -0.05) is 12.1 Å². The Labute approximate surface area is 145 Å². The molecule has 6 heteroatoms. The van der Waals surface area contributed by atoms with E-state index in [0.717, 1.165) is 22.2 Å². The monoisotopic (exact) mass is 337 g/mol. The molecule has 25 heavy (non-hydrogen) atoms. The topological polar surface area (TPSA) is 67.5 Å². The van der Waals surface area contributed by atoms with Crippen LogP contribution in [0.15, 0.2) is 48.8 Å². The second-order valence-corrected chi connectivity index (χ2v) is 6.01. The highest BCUT2D eigenvalue weighted by Gasteiger charge is 2.30. The molecule has 0 saturated carbocycles. The van der Waals surface area contributed by atoms with Crippen molar-refractivity contribution in [2.45, 2.75) is 6.04 Å². The van der Waals surface area contributed by atoms with E-state index in [4.69, 9.17) is 9.47 Å². The summed E-state index contributed by atoms with van der Waals surface area (Å²) in [6.45, 7) is 1.59. The molecule has 1 unspecified atom stereocenters. The summed E-state index contributed by atoms with van der Waals surface area (Å²) in [7, 11) is 1.64. The van der Waals surface area contributed by atoms with Crippen molar-refractivity contribution in [3.05, 3.63) is 60.0 Å². The number of ether oxygens (including phenoxy) is 2. The van der Waals surface area contributed by atoms with Gasteiger partial charge < -0.3 is 19.4 Å². The van der Waals surface area contributed by atoms with Crippen LogP contribution in [0.3, 0.4) is 0 Å². The number of carbonyl (C=O) groups is 1. The number of hydrogen-bond acceptors (Lipinski definition) is 4. The van der Waals surface area contributed by atoms with E-state index in [1.807, 2.05) is 41.3 Å². The average molecular weight is 337 g/mol. The zero-order valence-electron chi connectivity index (χ0n) is 13.9. The summed E-state index contributed by atoms with van der Waals surface area (Å²) in [5.74, 6) is 0.766. The first-order chi connectivity index (χ1) is 12.3. The Morgan fingerprint density at radius 3 is 2.92 bits per heavy atom. The predicted molar refractivity (Wildman–Crippen MR) is 93.7 cm³/mol. The van der Waals surface area contributed by atoms with E-state index >= 15 is 0 Å². The van der Waals surface area contributed by atoms with Gasteiger partial charge in [-0.3, -0.25) is 9.78 Å². The van der Waals surface area contributed by atoms with Crippen LogP contribution in [0.2, 0.25) is 0 Å². The highest BCUT2D eigenvalue weighted by molar-refractivity contribution is 5.98. The van der Waals surface area contributed by atoms with E-state index in [1.165, 1.54) is 0 Å². The summed E-state index contributed by atoms with van der Waals surface area (Å²) >= 11 is 0. The zero-order chi connectivity index (χ0) is 17.2. The minimum Gasteiger partial charge on any atom is -0.497 e. The van der Waals surface area contributed by atoms with Crippen LogP contribution in [0, 0.1) is 0 Å². The summed E-state index contributed by atoms with van der Waals surface area (Å²) in [4.78, 5) is 22.2. The van der Waals surface area contributed by atoms with Gasteiger partial charge in [0.2, 0.25) is 0 Å². The number of aromatic nitrogens is 2. The van der Waals surface area contributed by atoms with Crippen LogP contribution in [0.5, 0.6) is 5.75 Å². The molecule has 0 radical (unpaired) electrons. The Hall–Kier alpha value is -2.86. The number of hydrogen-bond donors (Lipinski definition) is 1. The number of amides is 1. The van der Waals surface area contributed by atoms with E-state index in [-0.39, 0.29) is 11.9 Å². The highest BCUT2D eigenvalue weighted by atomic mass is 16.5. The molecular formula is C19H19N3O3. The first kappa shape index (κ1) is 15.7. The van der Waals surface area contributed by atoms with Crippen LogP contribution in [-0.2, 0) is 4.74 Å². The normalized spacial score (nSPS) is 17.6. The number of pyridine rings is 1. The van der Waals surface area contributed by atoms with Gasteiger partial charge in [-0.15, -0.1) is 0 Å². The molecule has 6 nitrogen and oxygen atoms in total. The van der Waals surface area contributed by atoms with E-state index in [1.54, 1.807) is 19.5 Å². The van der Waals surface area contributed by atoms with Crippen molar-refractivity contribution >= 4 is 16.8 Å². The molecule has 1 fully saturated rings. The van der Waals surface area contributed by atoms with Gasteiger partial charge in [0.15, 0.2) is 0 Å². The Morgan fingerprint density at radius 2 is 2.16 bits per heavy atom. The van der Waals surface area contributed by atoms with Gasteiger partial charge in [-0.2, -0.15) is 0 Å². The smallest absolute Gasteiger partial charge is 0.270 e. The molecule has 3 aromatic rings. The number of carbonyl (C=O) groups excluding carboxylic acids is 1. The third kappa shape index (κ3) is 2.96. The van der Waals surface area contributed by atoms with Gasteiger partial charge in [0.25, 0.3) is 5.91 Å². The Kier molecular flexibility index (Phi) is 4.11. The summed E-state index contributed by atoms with van der Waals surface area (Å²) in [5, 5.41) is 0.931. The van der Waals surface area contributed by atoms with Gasteiger partial charge in [-0.05, 0) is 29.8 Å². The van der Waals surface area contributed by atoms with Crippen molar-refractivity contribution in [2.75, 3.05) is 26.9 Å². The second kappa shape index (κ2) is 6.57. The summed E-state index contributed by atoms with van der Waals surface area (Å²) in [6.07, 6.45) is 3.46. The Balaban J connectivity index is 1.64. The molecule has 1 amide bonds. The second-order valence-electron chi connectivity index (χ2n) is 6.01.